The number of nitrogens with one attached hydrogen (secondary N) is 2. The maximum Gasteiger partial charge on any atom is 1.00 e. The largest absolute Gasteiger partial charge is 1.00 e. The van der Waals surface area contributed by atoms with Crippen LogP contribution in [0, 0.1) is 5.82 Å². The molecule has 0 atom stereocenters. The number of aromatic nitrogens is 2. The molecule has 8 aromatic rings. The Bertz CT molecular complexity index is 3270. The first-order valence-corrected chi connectivity index (χ1v) is 26.7. The second-order valence-electron chi connectivity index (χ2n) is 17.2. The van der Waals surface area contributed by atoms with Crippen molar-refractivity contribution in [2.75, 3.05) is 51.1 Å². The number of methoxy groups -OCH3 is 4. The molecule has 1 saturated heterocycles. The van der Waals surface area contributed by atoms with Crippen LogP contribution in [0.25, 0.3) is 22.6 Å². The molecule has 0 bridgehead atoms. The summed E-state index contributed by atoms with van der Waals surface area (Å²) in [5, 5.41) is 26.2. The summed E-state index contributed by atoms with van der Waals surface area (Å²) in [4.78, 5) is -0.741. The van der Waals surface area contributed by atoms with E-state index in [0.717, 1.165) is 30.4 Å². The van der Waals surface area contributed by atoms with Crippen LogP contribution in [0.2, 0.25) is 0 Å². The Hall–Kier alpha value is -6.31. The summed E-state index contributed by atoms with van der Waals surface area (Å²) in [5.41, 5.74) is 2.35. The molecule has 9 rings (SSSR count). The molecule has 1 aliphatic rings. The third-order valence-electron chi connectivity index (χ3n) is 10.2. The summed E-state index contributed by atoms with van der Waals surface area (Å²) in [7, 11) is -2.71. The maximum atomic E-state index is 14.0. The van der Waals surface area contributed by atoms with Gasteiger partial charge in [0.05, 0.1) is 46.2 Å². The van der Waals surface area contributed by atoms with Gasteiger partial charge in [-0.3, -0.25) is 9.44 Å². The van der Waals surface area contributed by atoms with Crippen LogP contribution in [-0.4, -0.2) is 79.5 Å². The maximum absolute atomic E-state index is 14.0. The normalized spacial score (nSPS) is 11.7. The Morgan fingerprint density at radius 3 is 1.37 bits per heavy atom. The Morgan fingerprint density at radius 1 is 0.564 bits per heavy atom. The zero-order chi connectivity index (χ0) is 55.9. The second kappa shape index (κ2) is 31.9. The number of benzene rings is 6. The van der Waals surface area contributed by atoms with Crippen LogP contribution in [0.15, 0.2) is 177 Å². The third kappa shape index (κ3) is 20.2. The fourth-order valence-electron chi connectivity index (χ4n) is 6.75. The predicted molar refractivity (Wildman–Crippen MR) is 287 cm³/mol. The van der Waals surface area contributed by atoms with Gasteiger partial charge < -0.3 is 47.7 Å². The number of hydrogen-bond donors (Lipinski definition) is 3. The molecule has 0 radical (unpaired) electrons. The molecule has 0 saturated carbocycles. The molecule has 3 heterocycles. The summed E-state index contributed by atoms with van der Waals surface area (Å²) in [5.74, 6) is 0.897. The van der Waals surface area contributed by atoms with E-state index < -0.39 is 36.4 Å². The van der Waals surface area contributed by atoms with Gasteiger partial charge in [-0.1, -0.05) is 128 Å². The molecule has 18 nitrogen and oxygen atoms in total. The van der Waals surface area contributed by atoms with E-state index in [1.54, 1.807) is 75.4 Å². The minimum Gasteiger partial charge on any atom is -0.850 e. The summed E-state index contributed by atoms with van der Waals surface area (Å²) in [6.45, 7) is 7.23. The van der Waals surface area contributed by atoms with E-state index in [1.165, 1.54) is 65.5 Å². The fourth-order valence-corrected chi connectivity index (χ4v) is 9.25. The molecular weight excluding hydrogens is 1070 g/mol. The van der Waals surface area contributed by atoms with E-state index in [9.17, 15) is 26.3 Å². The number of ether oxygens (including phenoxy) is 6. The first-order chi connectivity index (χ1) is 36.9. The molecule has 22 heteroatoms. The van der Waals surface area contributed by atoms with Gasteiger partial charge in [0.15, 0.2) is 32.9 Å². The van der Waals surface area contributed by atoms with E-state index >= 15 is 0 Å². The summed E-state index contributed by atoms with van der Waals surface area (Å²) in [6.07, 6.45) is 2.56. The van der Waals surface area contributed by atoms with E-state index in [4.69, 9.17) is 42.6 Å². The second-order valence-corrected chi connectivity index (χ2v) is 20.4. The number of rotatable bonds is 16. The number of anilines is 2. The van der Waals surface area contributed by atoms with Crippen LogP contribution < -0.4 is 89.6 Å². The molecule has 410 valence electrons. The van der Waals surface area contributed by atoms with Crippen LogP contribution in [0.1, 0.15) is 44.7 Å². The molecule has 3 N–H and O–H groups in total. The van der Waals surface area contributed by atoms with Crippen molar-refractivity contribution in [1.29, 1.82) is 0 Å². The van der Waals surface area contributed by atoms with E-state index in [1.807, 2.05) is 72.8 Å². The van der Waals surface area contributed by atoms with Crippen LogP contribution in [0.4, 0.5) is 16.0 Å². The van der Waals surface area contributed by atoms with Gasteiger partial charge in [0.25, 0.3) is 20.0 Å². The average molecular weight is 1140 g/mol. The van der Waals surface area contributed by atoms with Crippen molar-refractivity contribution in [3.05, 3.63) is 175 Å². The molecular formula is C56H62FKN4O14S2. The molecule has 1 fully saturated rings. The SMILES string of the molecule is C1CCOC1.CC(C)(C)[O-].COc1ccccc1-c1cc(NS(=O)(=O)c2c(F)cccc2OC)no1.COc1ccccc1-c1cc(NS(=O)(=O)c2c(OC)cccc2OCc2ccccc2)no1.OCc1ccccc1.[K+]. The van der Waals surface area contributed by atoms with Gasteiger partial charge in [-0.05, 0) is 72.5 Å². The number of aliphatic hydroxyl groups excluding tert-OH is 1. The predicted octanol–water partition coefficient (Wildman–Crippen LogP) is 7.16. The Morgan fingerprint density at radius 2 is 0.949 bits per heavy atom. The molecule has 0 amide bonds. The number of hydrogen-bond acceptors (Lipinski definition) is 16. The molecule has 6 aromatic carbocycles. The summed E-state index contributed by atoms with van der Waals surface area (Å²) in [6, 6.07) is 44.5. The first kappa shape index (κ1) is 64.2. The molecule has 2 aromatic heterocycles. The van der Waals surface area contributed by atoms with Crippen molar-refractivity contribution in [3.63, 3.8) is 0 Å². The Labute approximate surface area is 497 Å². The van der Waals surface area contributed by atoms with Gasteiger partial charge in [-0.15, -0.1) is 5.60 Å². The Balaban J connectivity index is 0.000000255. The van der Waals surface area contributed by atoms with Crippen molar-refractivity contribution < 1.29 is 120 Å². The van der Waals surface area contributed by atoms with Crippen LogP contribution in [0.3, 0.4) is 0 Å². The third-order valence-corrected chi connectivity index (χ3v) is 13.0. The zero-order valence-electron chi connectivity index (χ0n) is 44.6. The Kier molecular flexibility index (Phi) is 26.3. The van der Waals surface area contributed by atoms with Gasteiger partial charge in [-0.25, -0.2) is 21.2 Å². The summed E-state index contributed by atoms with van der Waals surface area (Å²) < 4.78 is 112. The molecule has 1 aliphatic heterocycles. The van der Waals surface area contributed by atoms with E-state index in [-0.39, 0.29) is 98.4 Å². The number of halogens is 1. The average Bonchev–Trinajstić information content (AvgIpc) is 4.27. The van der Waals surface area contributed by atoms with Gasteiger partial charge >= 0.3 is 51.4 Å². The van der Waals surface area contributed by atoms with Crippen molar-refractivity contribution in [2.24, 2.45) is 0 Å². The monoisotopic (exact) mass is 1140 g/mol. The molecule has 0 unspecified atom stereocenters. The van der Waals surface area contributed by atoms with Crippen LogP contribution >= 0.6 is 0 Å². The zero-order valence-corrected chi connectivity index (χ0v) is 49.4. The van der Waals surface area contributed by atoms with Gasteiger partial charge in [-0.2, -0.15) is 0 Å². The van der Waals surface area contributed by atoms with Gasteiger partial charge in [0.1, 0.15) is 41.2 Å². The topological polar surface area (TPSA) is 243 Å². The van der Waals surface area contributed by atoms with Gasteiger partial charge in [0.2, 0.25) is 0 Å². The first-order valence-electron chi connectivity index (χ1n) is 23.8. The van der Waals surface area contributed by atoms with Crippen molar-refractivity contribution >= 4 is 31.7 Å². The molecule has 78 heavy (non-hydrogen) atoms. The van der Waals surface area contributed by atoms with Crippen molar-refractivity contribution in [3.8, 4) is 51.4 Å². The minimum atomic E-state index is -4.28. The quantitative estimate of drug-likeness (QED) is 0.0813. The van der Waals surface area contributed by atoms with Crippen molar-refractivity contribution in [1.82, 2.24) is 10.3 Å². The number of para-hydroxylation sites is 2. The number of nitrogens with zero attached hydrogens (tertiary/aromatic N) is 2. The van der Waals surface area contributed by atoms with E-state index in [2.05, 4.69) is 19.8 Å². The molecule has 0 spiro atoms. The number of aliphatic hydroxyl groups is 1. The molecule has 0 aliphatic carbocycles. The fraction of sp³-hybridized carbons (Fsp3) is 0.250. The van der Waals surface area contributed by atoms with Gasteiger partial charge in [0, 0.05) is 25.3 Å². The number of sulfonamides is 2. The standard InChI is InChI=1S/C24H22N2O6S.C17H15FN2O5S.C7H8O.C4H8O.C4H9O.K/c1-29-19-12-7-6-11-18(19)22-15-23(25-32-22)26-33(27,28)24-20(30-2)13-8-14-21(24)31-16-17-9-4-3-5-10-17;1-23-13-8-4-3-6-11(13)15-10-16(19-25-15)20-26(21,22)17-12(18)7-5-9-14(17)24-2;8-6-7-4-2-1-3-5-7;1-2-4-5-3-1;1-4(2,3)5;/h3-15H,16H2,1-2H3,(H,25,26);3-10H,1-2H3,(H,19,20);1-5,8H,6H2;1-4H2;1-3H3;/q;;;;-1;+1. The van der Waals surface area contributed by atoms with Crippen molar-refractivity contribution in [2.45, 2.75) is 62.2 Å². The van der Waals surface area contributed by atoms with Crippen LogP contribution in [0.5, 0.6) is 28.7 Å². The minimum absolute atomic E-state index is 0. The summed E-state index contributed by atoms with van der Waals surface area (Å²) >= 11 is 0. The smallest absolute Gasteiger partial charge is 0.850 e. The van der Waals surface area contributed by atoms with E-state index in [0.29, 0.717) is 34.1 Å². The van der Waals surface area contributed by atoms with Crippen LogP contribution in [-0.2, 0) is 38.0 Å².